The molecule has 3 heteroatoms. The molecule has 1 heterocycles. The molecule has 1 aliphatic carbocycles. The van der Waals surface area contributed by atoms with E-state index in [-0.39, 0.29) is 6.10 Å². The zero-order valence-corrected chi connectivity index (χ0v) is 8.98. The Hall–Kier alpha value is -0.120. The van der Waals surface area contributed by atoms with Gasteiger partial charge in [0.1, 0.15) is 0 Å². The highest BCUT2D eigenvalue weighted by molar-refractivity contribution is 4.86. The Morgan fingerprint density at radius 1 is 1.29 bits per heavy atom. The lowest BCUT2D eigenvalue weighted by Crippen LogP contribution is -2.54. The van der Waals surface area contributed by atoms with Gasteiger partial charge in [0.2, 0.25) is 0 Å². The first-order valence-electron chi connectivity index (χ1n) is 5.80. The van der Waals surface area contributed by atoms with Gasteiger partial charge in [0.15, 0.2) is 0 Å². The summed E-state index contributed by atoms with van der Waals surface area (Å²) >= 11 is 0. The average Bonchev–Trinajstić information content (AvgIpc) is 2.20. The second kappa shape index (κ2) is 4.60. The van der Waals surface area contributed by atoms with Crippen LogP contribution in [0.1, 0.15) is 32.6 Å². The summed E-state index contributed by atoms with van der Waals surface area (Å²) in [5, 5.41) is 9.96. The van der Waals surface area contributed by atoms with Gasteiger partial charge in [-0.05, 0) is 19.8 Å². The maximum Gasteiger partial charge on any atom is 0.0695 e. The van der Waals surface area contributed by atoms with Crippen LogP contribution in [0.15, 0.2) is 0 Å². The van der Waals surface area contributed by atoms with E-state index in [9.17, 15) is 5.11 Å². The Kier molecular flexibility index (Phi) is 3.42. The van der Waals surface area contributed by atoms with Crippen molar-refractivity contribution in [2.45, 2.75) is 50.8 Å². The van der Waals surface area contributed by atoms with Crippen molar-refractivity contribution in [3.63, 3.8) is 0 Å². The second-order valence-corrected chi connectivity index (χ2v) is 4.58. The topological polar surface area (TPSA) is 32.7 Å². The Morgan fingerprint density at radius 3 is 2.79 bits per heavy atom. The third-order valence-corrected chi connectivity index (χ3v) is 3.54. The lowest BCUT2D eigenvalue weighted by molar-refractivity contribution is -0.0647. The highest BCUT2D eigenvalue weighted by Crippen LogP contribution is 2.25. The molecule has 0 aromatic heterocycles. The Labute approximate surface area is 86.0 Å². The number of hydrogen-bond acceptors (Lipinski definition) is 3. The average molecular weight is 199 g/mol. The molecule has 0 aromatic carbocycles. The molecule has 3 unspecified atom stereocenters. The maximum atomic E-state index is 9.96. The predicted molar refractivity (Wildman–Crippen MR) is 55.2 cm³/mol. The minimum absolute atomic E-state index is 0.107. The lowest BCUT2D eigenvalue weighted by atomic mass is 9.90. The van der Waals surface area contributed by atoms with Gasteiger partial charge in [-0.3, -0.25) is 4.90 Å². The van der Waals surface area contributed by atoms with Crippen molar-refractivity contribution in [2.75, 3.05) is 19.8 Å². The number of ether oxygens (including phenoxy) is 1. The summed E-state index contributed by atoms with van der Waals surface area (Å²) in [6.07, 6.45) is 4.49. The molecule has 2 rings (SSSR count). The molecule has 14 heavy (non-hydrogen) atoms. The lowest BCUT2D eigenvalue weighted by Gasteiger charge is -2.43. The Morgan fingerprint density at radius 2 is 2.07 bits per heavy atom. The summed E-state index contributed by atoms with van der Waals surface area (Å²) in [6.45, 7) is 4.83. The van der Waals surface area contributed by atoms with Crippen LogP contribution in [0.4, 0.5) is 0 Å². The van der Waals surface area contributed by atoms with Crippen molar-refractivity contribution < 1.29 is 9.84 Å². The third kappa shape index (κ3) is 2.10. The minimum atomic E-state index is -0.107. The van der Waals surface area contributed by atoms with Crippen LogP contribution in [0.5, 0.6) is 0 Å². The van der Waals surface area contributed by atoms with Crippen molar-refractivity contribution in [1.82, 2.24) is 4.90 Å². The van der Waals surface area contributed by atoms with Crippen molar-refractivity contribution in [1.29, 1.82) is 0 Å². The van der Waals surface area contributed by atoms with E-state index in [0.29, 0.717) is 12.1 Å². The van der Waals surface area contributed by atoms with Gasteiger partial charge in [0, 0.05) is 18.6 Å². The first-order valence-corrected chi connectivity index (χ1v) is 5.80. The molecule has 1 N–H and O–H groups in total. The third-order valence-electron chi connectivity index (χ3n) is 3.54. The van der Waals surface area contributed by atoms with Gasteiger partial charge >= 0.3 is 0 Å². The van der Waals surface area contributed by atoms with Gasteiger partial charge in [-0.15, -0.1) is 0 Å². The molecule has 0 bridgehead atoms. The first kappa shape index (κ1) is 10.4. The highest BCUT2D eigenvalue weighted by atomic mass is 16.5. The number of rotatable bonds is 1. The SMILES string of the molecule is CC1COCCN1C1CCCCC1O. The first-order chi connectivity index (χ1) is 6.79. The van der Waals surface area contributed by atoms with Gasteiger partial charge in [-0.2, -0.15) is 0 Å². The molecule has 3 atom stereocenters. The summed E-state index contributed by atoms with van der Waals surface area (Å²) in [6, 6.07) is 0.865. The zero-order chi connectivity index (χ0) is 9.97. The van der Waals surface area contributed by atoms with Crippen LogP contribution in [-0.2, 0) is 4.74 Å². The standard InChI is InChI=1S/C11H21NO2/c1-9-8-14-7-6-12(9)10-4-2-3-5-11(10)13/h9-11,13H,2-8H2,1H3. The highest BCUT2D eigenvalue weighted by Gasteiger charge is 2.32. The molecule has 2 aliphatic rings. The Bertz CT molecular complexity index is 166. The fourth-order valence-electron chi connectivity index (χ4n) is 2.71. The molecule has 0 radical (unpaired) electrons. The molecular formula is C11H21NO2. The van der Waals surface area contributed by atoms with E-state index < -0.39 is 0 Å². The van der Waals surface area contributed by atoms with Crippen molar-refractivity contribution in [2.24, 2.45) is 0 Å². The molecular weight excluding hydrogens is 178 g/mol. The van der Waals surface area contributed by atoms with Gasteiger partial charge in [0.25, 0.3) is 0 Å². The quantitative estimate of drug-likeness (QED) is 0.684. The monoisotopic (exact) mass is 199 g/mol. The van der Waals surface area contributed by atoms with Gasteiger partial charge < -0.3 is 9.84 Å². The van der Waals surface area contributed by atoms with Crippen LogP contribution in [-0.4, -0.2) is 48.0 Å². The van der Waals surface area contributed by atoms with Crippen LogP contribution in [0.3, 0.4) is 0 Å². The van der Waals surface area contributed by atoms with E-state index in [1.165, 1.54) is 12.8 Å². The summed E-state index contributed by atoms with van der Waals surface area (Å²) in [7, 11) is 0. The molecule has 1 aliphatic heterocycles. The van der Waals surface area contributed by atoms with Gasteiger partial charge in [0.05, 0.1) is 19.3 Å². The number of morpholine rings is 1. The van der Waals surface area contributed by atoms with Gasteiger partial charge in [-0.1, -0.05) is 12.8 Å². The maximum absolute atomic E-state index is 9.96. The van der Waals surface area contributed by atoms with Crippen LogP contribution >= 0.6 is 0 Å². The molecule has 3 nitrogen and oxygen atoms in total. The number of aliphatic hydroxyl groups excluding tert-OH is 1. The van der Waals surface area contributed by atoms with Crippen LogP contribution in [0, 0.1) is 0 Å². The smallest absolute Gasteiger partial charge is 0.0695 e. The van der Waals surface area contributed by atoms with Crippen molar-refractivity contribution >= 4 is 0 Å². The minimum Gasteiger partial charge on any atom is -0.391 e. The number of hydrogen-bond donors (Lipinski definition) is 1. The zero-order valence-electron chi connectivity index (χ0n) is 8.98. The fourth-order valence-corrected chi connectivity index (χ4v) is 2.71. The summed E-state index contributed by atoms with van der Waals surface area (Å²) in [4.78, 5) is 2.44. The molecule has 82 valence electrons. The van der Waals surface area contributed by atoms with E-state index >= 15 is 0 Å². The van der Waals surface area contributed by atoms with E-state index in [1.54, 1.807) is 0 Å². The van der Waals surface area contributed by atoms with Crippen LogP contribution < -0.4 is 0 Å². The summed E-state index contributed by atoms with van der Waals surface area (Å²) < 4.78 is 5.41. The van der Waals surface area contributed by atoms with Crippen LogP contribution in [0.25, 0.3) is 0 Å². The number of nitrogens with zero attached hydrogens (tertiary/aromatic N) is 1. The molecule has 1 saturated carbocycles. The molecule has 0 aromatic rings. The van der Waals surface area contributed by atoms with E-state index in [4.69, 9.17) is 4.74 Å². The largest absolute Gasteiger partial charge is 0.391 e. The Balaban J connectivity index is 1.96. The van der Waals surface area contributed by atoms with Crippen LogP contribution in [0.2, 0.25) is 0 Å². The van der Waals surface area contributed by atoms with E-state index in [1.807, 2.05) is 0 Å². The number of aliphatic hydroxyl groups is 1. The molecule has 2 fully saturated rings. The second-order valence-electron chi connectivity index (χ2n) is 4.58. The normalized spacial score (nSPS) is 41.1. The van der Waals surface area contributed by atoms with Gasteiger partial charge in [-0.25, -0.2) is 0 Å². The fraction of sp³-hybridized carbons (Fsp3) is 1.00. The predicted octanol–water partition coefficient (Wildman–Crippen LogP) is 1.01. The van der Waals surface area contributed by atoms with E-state index in [2.05, 4.69) is 11.8 Å². The van der Waals surface area contributed by atoms with E-state index in [0.717, 1.165) is 32.6 Å². The van der Waals surface area contributed by atoms with Crippen molar-refractivity contribution in [3.05, 3.63) is 0 Å². The van der Waals surface area contributed by atoms with Crippen molar-refractivity contribution in [3.8, 4) is 0 Å². The molecule has 0 amide bonds. The molecule has 0 spiro atoms. The summed E-state index contributed by atoms with van der Waals surface area (Å²) in [5.74, 6) is 0. The molecule has 1 saturated heterocycles. The summed E-state index contributed by atoms with van der Waals surface area (Å²) in [5.41, 5.74) is 0.